The summed E-state index contributed by atoms with van der Waals surface area (Å²) in [4.78, 5) is 25.8. The lowest BCUT2D eigenvalue weighted by molar-refractivity contribution is -0.385. The first kappa shape index (κ1) is 18.7. The van der Waals surface area contributed by atoms with E-state index in [9.17, 15) is 23.3 Å². The van der Waals surface area contributed by atoms with Crippen molar-refractivity contribution in [3.8, 4) is 0 Å². The van der Waals surface area contributed by atoms with Crippen molar-refractivity contribution in [2.75, 3.05) is 45.8 Å². The van der Waals surface area contributed by atoms with E-state index >= 15 is 0 Å². The van der Waals surface area contributed by atoms with Crippen molar-refractivity contribution in [1.29, 1.82) is 0 Å². The summed E-state index contributed by atoms with van der Waals surface area (Å²) in [5.41, 5.74) is -0.236. The number of nitro benzene ring substituents is 1. The van der Waals surface area contributed by atoms with E-state index in [1.165, 1.54) is 22.5 Å². The number of nitro groups is 1. The van der Waals surface area contributed by atoms with Gasteiger partial charge in [-0.15, -0.1) is 0 Å². The van der Waals surface area contributed by atoms with Crippen molar-refractivity contribution in [2.45, 2.75) is 17.7 Å². The molecule has 1 amide bonds. The van der Waals surface area contributed by atoms with E-state index in [4.69, 9.17) is 0 Å². The summed E-state index contributed by atoms with van der Waals surface area (Å²) < 4.78 is 26.8. The third kappa shape index (κ3) is 4.02. The molecule has 10 heteroatoms. The van der Waals surface area contributed by atoms with Crippen molar-refractivity contribution in [1.82, 2.24) is 14.1 Å². The molecule has 2 heterocycles. The number of amides is 1. The zero-order valence-corrected chi connectivity index (χ0v) is 15.2. The van der Waals surface area contributed by atoms with E-state index in [0.717, 1.165) is 25.6 Å². The molecule has 0 aromatic heterocycles. The van der Waals surface area contributed by atoms with Gasteiger partial charge < -0.3 is 4.90 Å². The summed E-state index contributed by atoms with van der Waals surface area (Å²) in [5, 5.41) is 10.9. The average molecular weight is 382 g/mol. The van der Waals surface area contributed by atoms with Crippen molar-refractivity contribution in [2.24, 2.45) is 0 Å². The van der Waals surface area contributed by atoms with E-state index < -0.39 is 14.9 Å². The average Bonchev–Trinajstić information content (AvgIpc) is 3.05. The molecule has 0 aliphatic carbocycles. The highest BCUT2D eigenvalue weighted by Crippen LogP contribution is 2.22. The molecule has 2 aliphatic heterocycles. The molecule has 2 saturated heterocycles. The molecule has 2 fully saturated rings. The van der Waals surface area contributed by atoms with Gasteiger partial charge >= 0.3 is 0 Å². The second kappa shape index (κ2) is 7.68. The molecule has 1 aromatic carbocycles. The van der Waals surface area contributed by atoms with Crippen molar-refractivity contribution in [3.63, 3.8) is 0 Å². The van der Waals surface area contributed by atoms with Gasteiger partial charge in [-0.05, 0) is 12.5 Å². The molecule has 3 rings (SSSR count). The largest absolute Gasteiger partial charge is 0.341 e. The van der Waals surface area contributed by atoms with Crippen LogP contribution in [-0.4, -0.2) is 79.2 Å². The fourth-order valence-electron chi connectivity index (χ4n) is 3.30. The highest BCUT2D eigenvalue weighted by Gasteiger charge is 2.30. The molecule has 142 valence electrons. The fraction of sp³-hybridized carbons (Fsp3) is 0.562. The van der Waals surface area contributed by atoms with Crippen LogP contribution >= 0.6 is 0 Å². The van der Waals surface area contributed by atoms with Crippen molar-refractivity contribution < 1.29 is 18.1 Å². The number of piperazine rings is 1. The van der Waals surface area contributed by atoms with Gasteiger partial charge in [-0.3, -0.25) is 19.8 Å². The van der Waals surface area contributed by atoms with Crippen LogP contribution in [-0.2, 0) is 14.8 Å². The highest BCUT2D eigenvalue weighted by molar-refractivity contribution is 7.89. The first-order valence-corrected chi connectivity index (χ1v) is 10.1. The summed E-state index contributed by atoms with van der Waals surface area (Å²) in [6.45, 7) is 4.04. The molecule has 9 nitrogen and oxygen atoms in total. The molecule has 0 bridgehead atoms. The van der Waals surface area contributed by atoms with Gasteiger partial charge in [0, 0.05) is 64.4 Å². The van der Waals surface area contributed by atoms with Crippen LogP contribution in [0.4, 0.5) is 5.69 Å². The van der Waals surface area contributed by atoms with Crippen LogP contribution in [0.15, 0.2) is 29.2 Å². The molecule has 1 aromatic rings. The minimum atomic E-state index is -3.74. The molecule has 0 radical (unpaired) electrons. The molecule has 0 spiro atoms. The maximum absolute atomic E-state index is 12.7. The number of carbonyl (C=O) groups excluding carboxylic acids is 1. The van der Waals surface area contributed by atoms with Crippen LogP contribution in [0.25, 0.3) is 0 Å². The predicted octanol–water partition coefficient (Wildman–Crippen LogP) is 0.524. The van der Waals surface area contributed by atoms with Crippen LogP contribution in [0.3, 0.4) is 0 Å². The minimum absolute atomic E-state index is 0.0530. The summed E-state index contributed by atoms with van der Waals surface area (Å²) in [6, 6.07) is 5.14. The van der Waals surface area contributed by atoms with Crippen LogP contribution in [0.1, 0.15) is 12.8 Å². The topological polar surface area (TPSA) is 104 Å². The summed E-state index contributed by atoms with van der Waals surface area (Å²) in [7, 11) is -3.74. The number of sulfonamides is 1. The minimum Gasteiger partial charge on any atom is -0.341 e. The lowest BCUT2D eigenvalue weighted by atomic mass is 10.3. The Kier molecular flexibility index (Phi) is 5.54. The maximum Gasteiger partial charge on any atom is 0.270 e. The van der Waals surface area contributed by atoms with Gasteiger partial charge in [0.2, 0.25) is 15.9 Å². The van der Waals surface area contributed by atoms with Gasteiger partial charge in [0.1, 0.15) is 0 Å². The Morgan fingerprint density at radius 2 is 1.81 bits per heavy atom. The number of rotatable bonds is 6. The molecule has 26 heavy (non-hydrogen) atoms. The highest BCUT2D eigenvalue weighted by atomic mass is 32.2. The maximum atomic E-state index is 12.7. The molecular weight excluding hydrogens is 360 g/mol. The first-order valence-electron chi connectivity index (χ1n) is 8.63. The summed E-state index contributed by atoms with van der Waals surface area (Å²) >= 11 is 0. The second-order valence-electron chi connectivity index (χ2n) is 6.48. The third-order valence-corrected chi connectivity index (χ3v) is 6.75. The number of nitrogens with zero attached hydrogens (tertiary/aromatic N) is 4. The summed E-state index contributed by atoms with van der Waals surface area (Å²) in [5.74, 6) is 0.192. The SMILES string of the molecule is O=C1CCCN1CCN1CCN(S(=O)(=O)c2cccc([N+](=O)[O-])c2)CC1. The van der Waals surface area contributed by atoms with Crippen LogP contribution < -0.4 is 0 Å². The van der Waals surface area contributed by atoms with Gasteiger partial charge in [-0.2, -0.15) is 4.31 Å². The van der Waals surface area contributed by atoms with Gasteiger partial charge in [0.15, 0.2) is 0 Å². The molecular formula is C16H22N4O5S. The Hall–Kier alpha value is -2.04. The van der Waals surface area contributed by atoms with Crippen molar-refractivity contribution >= 4 is 21.6 Å². The lowest BCUT2D eigenvalue weighted by Gasteiger charge is -2.34. The summed E-state index contributed by atoms with van der Waals surface area (Å²) in [6.07, 6.45) is 1.53. The Balaban J connectivity index is 1.57. The Bertz CT molecular complexity index is 790. The number of likely N-dealkylation sites (tertiary alicyclic amines) is 1. The Morgan fingerprint density at radius 3 is 2.42 bits per heavy atom. The first-order chi connectivity index (χ1) is 12.4. The second-order valence-corrected chi connectivity index (χ2v) is 8.42. The number of hydrogen-bond donors (Lipinski definition) is 0. The third-order valence-electron chi connectivity index (χ3n) is 4.85. The zero-order valence-electron chi connectivity index (χ0n) is 14.4. The predicted molar refractivity (Wildman–Crippen MR) is 94.1 cm³/mol. The molecule has 0 atom stereocenters. The smallest absolute Gasteiger partial charge is 0.270 e. The molecule has 0 N–H and O–H groups in total. The van der Waals surface area contributed by atoms with E-state index in [1.54, 1.807) is 0 Å². The normalized spacial score (nSPS) is 19.8. The van der Waals surface area contributed by atoms with Gasteiger partial charge in [0.05, 0.1) is 9.82 Å². The molecule has 0 unspecified atom stereocenters. The zero-order chi connectivity index (χ0) is 18.7. The van der Waals surface area contributed by atoms with Crippen LogP contribution in [0.2, 0.25) is 0 Å². The Morgan fingerprint density at radius 1 is 1.08 bits per heavy atom. The molecule has 2 aliphatic rings. The number of benzene rings is 1. The van der Waals surface area contributed by atoms with Crippen LogP contribution in [0, 0.1) is 10.1 Å². The van der Waals surface area contributed by atoms with E-state index in [2.05, 4.69) is 4.90 Å². The van der Waals surface area contributed by atoms with Crippen LogP contribution in [0.5, 0.6) is 0 Å². The van der Waals surface area contributed by atoms with Gasteiger partial charge in [0.25, 0.3) is 5.69 Å². The quantitative estimate of drug-likeness (QED) is 0.525. The van der Waals surface area contributed by atoms with Gasteiger partial charge in [-0.1, -0.05) is 6.07 Å². The van der Waals surface area contributed by atoms with E-state index in [-0.39, 0.29) is 16.5 Å². The van der Waals surface area contributed by atoms with Gasteiger partial charge in [-0.25, -0.2) is 8.42 Å². The van der Waals surface area contributed by atoms with E-state index in [0.29, 0.717) is 39.1 Å². The molecule has 0 saturated carbocycles. The van der Waals surface area contributed by atoms with Crippen molar-refractivity contribution in [3.05, 3.63) is 34.4 Å². The monoisotopic (exact) mass is 382 g/mol. The standard InChI is InChI=1S/C16H22N4O5S/c21-16-5-2-6-18(16)10-7-17-8-11-19(12-9-17)26(24,25)15-4-1-3-14(13-15)20(22)23/h1,3-4,13H,2,5-12H2. The Labute approximate surface area is 152 Å². The number of non-ortho nitro benzene ring substituents is 1. The van der Waals surface area contributed by atoms with E-state index in [1.807, 2.05) is 4.90 Å². The number of hydrogen-bond acceptors (Lipinski definition) is 6. The fourth-order valence-corrected chi connectivity index (χ4v) is 4.77. The number of carbonyl (C=O) groups is 1. The lowest BCUT2D eigenvalue weighted by Crippen LogP contribution is -2.50.